The van der Waals surface area contributed by atoms with Crippen LogP contribution in [-0.4, -0.2) is 16.5 Å². The fourth-order valence-electron chi connectivity index (χ4n) is 1.85. The number of nitro groups is 1. The van der Waals surface area contributed by atoms with E-state index in [9.17, 15) is 10.1 Å². The molecule has 6 nitrogen and oxygen atoms in total. The summed E-state index contributed by atoms with van der Waals surface area (Å²) in [7, 11) is 0. The molecule has 1 aromatic carbocycles. The minimum atomic E-state index is -0.422. The van der Waals surface area contributed by atoms with Gasteiger partial charge in [-0.3, -0.25) is 10.1 Å². The zero-order chi connectivity index (χ0) is 15.2. The SMILES string of the molecule is CCCNc1cccc(Oc2cccc([N+](=O)[O-])c2C)n1. The second-order valence-corrected chi connectivity index (χ2v) is 4.55. The molecule has 0 amide bonds. The van der Waals surface area contributed by atoms with Gasteiger partial charge in [0.15, 0.2) is 0 Å². The normalized spacial score (nSPS) is 10.2. The Morgan fingerprint density at radius 2 is 2.05 bits per heavy atom. The van der Waals surface area contributed by atoms with Crippen LogP contribution in [0.15, 0.2) is 36.4 Å². The lowest BCUT2D eigenvalue weighted by Crippen LogP contribution is -2.02. The molecular weight excluding hydrogens is 270 g/mol. The maximum Gasteiger partial charge on any atom is 0.276 e. The highest BCUT2D eigenvalue weighted by molar-refractivity contribution is 5.49. The number of pyridine rings is 1. The molecule has 2 rings (SSSR count). The van der Waals surface area contributed by atoms with Crippen molar-refractivity contribution in [3.63, 3.8) is 0 Å². The molecule has 1 heterocycles. The van der Waals surface area contributed by atoms with E-state index in [4.69, 9.17) is 4.74 Å². The van der Waals surface area contributed by atoms with Crippen LogP contribution in [0.1, 0.15) is 18.9 Å². The highest BCUT2D eigenvalue weighted by Gasteiger charge is 2.15. The molecule has 21 heavy (non-hydrogen) atoms. The van der Waals surface area contributed by atoms with Crippen molar-refractivity contribution in [1.82, 2.24) is 4.98 Å². The fraction of sp³-hybridized carbons (Fsp3) is 0.267. The van der Waals surface area contributed by atoms with Crippen molar-refractivity contribution in [2.45, 2.75) is 20.3 Å². The maximum atomic E-state index is 10.9. The van der Waals surface area contributed by atoms with Crippen molar-refractivity contribution < 1.29 is 9.66 Å². The Bertz CT molecular complexity index is 644. The molecule has 6 heteroatoms. The van der Waals surface area contributed by atoms with Crippen molar-refractivity contribution in [1.29, 1.82) is 0 Å². The summed E-state index contributed by atoms with van der Waals surface area (Å²) in [6, 6.07) is 10.1. The number of nitro benzene ring substituents is 1. The number of anilines is 1. The Labute approximate surface area is 122 Å². The summed E-state index contributed by atoms with van der Waals surface area (Å²) >= 11 is 0. The van der Waals surface area contributed by atoms with E-state index >= 15 is 0 Å². The molecule has 0 aliphatic rings. The molecule has 0 radical (unpaired) electrons. The molecule has 110 valence electrons. The van der Waals surface area contributed by atoms with E-state index in [1.54, 1.807) is 25.1 Å². The van der Waals surface area contributed by atoms with Crippen LogP contribution >= 0.6 is 0 Å². The predicted molar refractivity (Wildman–Crippen MR) is 80.9 cm³/mol. The smallest absolute Gasteiger partial charge is 0.276 e. The van der Waals surface area contributed by atoms with E-state index in [-0.39, 0.29) is 5.69 Å². The molecule has 2 aromatic rings. The second-order valence-electron chi connectivity index (χ2n) is 4.55. The van der Waals surface area contributed by atoms with E-state index in [0.29, 0.717) is 17.2 Å². The first-order chi connectivity index (χ1) is 10.1. The fourth-order valence-corrected chi connectivity index (χ4v) is 1.85. The van der Waals surface area contributed by atoms with Crippen molar-refractivity contribution in [3.05, 3.63) is 52.1 Å². The minimum absolute atomic E-state index is 0.0350. The number of rotatable bonds is 6. The lowest BCUT2D eigenvalue weighted by Gasteiger charge is -2.09. The summed E-state index contributed by atoms with van der Waals surface area (Å²) in [4.78, 5) is 14.8. The molecular formula is C15H17N3O3. The highest BCUT2D eigenvalue weighted by Crippen LogP contribution is 2.30. The molecule has 0 saturated heterocycles. The predicted octanol–water partition coefficient (Wildman–Crippen LogP) is 3.91. The van der Waals surface area contributed by atoms with Gasteiger partial charge in [-0.05, 0) is 25.5 Å². The lowest BCUT2D eigenvalue weighted by molar-refractivity contribution is -0.385. The number of nitrogens with zero attached hydrogens (tertiary/aromatic N) is 2. The summed E-state index contributed by atoms with van der Waals surface area (Å²) in [5.74, 6) is 1.56. The van der Waals surface area contributed by atoms with E-state index in [1.807, 2.05) is 12.1 Å². The lowest BCUT2D eigenvalue weighted by atomic mass is 10.2. The van der Waals surface area contributed by atoms with Crippen LogP contribution in [0, 0.1) is 17.0 Å². The summed E-state index contributed by atoms with van der Waals surface area (Å²) < 4.78 is 5.67. The number of aromatic nitrogens is 1. The summed E-state index contributed by atoms with van der Waals surface area (Å²) in [6.07, 6.45) is 0.997. The van der Waals surface area contributed by atoms with Gasteiger partial charge in [-0.15, -0.1) is 0 Å². The van der Waals surface area contributed by atoms with E-state index in [1.165, 1.54) is 6.07 Å². The largest absolute Gasteiger partial charge is 0.438 e. The first kappa shape index (κ1) is 14.8. The van der Waals surface area contributed by atoms with Crippen molar-refractivity contribution in [2.24, 2.45) is 0 Å². The van der Waals surface area contributed by atoms with E-state index in [0.717, 1.165) is 18.8 Å². The average Bonchev–Trinajstić information content (AvgIpc) is 2.47. The molecule has 0 bridgehead atoms. The summed E-state index contributed by atoms with van der Waals surface area (Å²) in [6.45, 7) is 4.55. The molecule has 1 N–H and O–H groups in total. The second kappa shape index (κ2) is 6.69. The van der Waals surface area contributed by atoms with Gasteiger partial charge in [-0.25, -0.2) is 0 Å². The maximum absolute atomic E-state index is 10.9. The number of ether oxygens (including phenoxy) is 1. The van der Waals surface area contributed by atoms with Crippen LogP contribution in [-0.2, 0) is 0 Å². The van der Waals surface area contributed by atoms with Gasteiger partial charge in [0.05, 0.1) is 10.5 Å². The van der Waals surface area contributed by atoms with Crippen molar-refractivity contribution in [2.75, 3.05) is 11.9 Å². The Morgan fingerprint density at radius 3 is 2.76 bits per heavy atom. The molecule has 0 atom stereocenters. The van der Waals surface area contributed by atoms with Gasteiger partial charge >= 0.3 is 0 Å². The Kier molecular flexibility index (Phi) is 4.71. The first-order valence-corrected chi connectivity index (χ1v) is 6.74. The number of hydrogen-bond acceptors (Lipinski definition) is 5. The molecule has 0 aliphatic carbocycles. The third-order valence-electron chi connectivity index (χ3n) is 2.95. The van der Waals surface area contributed by atoms with Gasteiger partial charge in [0.25, 0.3) is 5.69 Å². The van der Waals surface area contributed by atoms with Gasteiger partial charge in [0.2, 0.25) is 5.88 Å². The van der Waals surface area contributed by atoms with Gasteiger partial charge in [0.1, 0.15) is 11.6 Å². The van der Waals surface area contributed by atoms with Crippen LogP contribution in [0.3, 0.4) is 0 Å². The zero-order valence-electron chi connectivity index (χ0n) is 12.0. The average molecular weight is 287 g/mol. The third-order valence-corrected chi connectivity index (χ3v) is 2.95. The van der Waals surface area contributed by atoms with Crippen molar-refractivity contribution in [3.8, 4) is 11.6 Å². The Hall–Kier alpha value is -2.63. The van der Waals surface area contributed by atoms with E-state index in [2.05, 4.69) is 17.2 Å². The Balaban J connectivity index is 2.22. The first-order valence-electron chi connectivity index (χ1n) is 6.74. The summed E-state index contributed by atoms with van der Waals surface area (Å²) in [5, 5.41) is 14.1. The van der Waals surface area contributed by atoms with Gasteiger partial charge in [0, 0.05) is 18.7 Å². The molecule has 0 saturated carbocycles. The monoisotopic (exact) mass is 287 g/mol. The van der Waals surface area contributed by atoms with Crippen LogP contribution in [0.25, 0.3) is 0 Å². The zero-order valence-corrected chi connectivity index (χ0v) is 12.0. The minimum Gasteiger partial charge on any atom is -0.438 e. The number of benzene rings is 1. The molecule has 0 aliphatic heterocycles. The van der Waals surface area contributed by atoms with Crippen LogP contribution in [0.2, 0.25) is 0 Å². The molecule has 0 fully saturated rings. The summed E-state index contributed by atoms with van der Waals surface area (Å²) in [5.41, 5.74) is 0.518. The third kappa shape index (κ3) is 3.68. The molecule has 0 unspecified atom stereocenters. The topological polar surface area (TPSA) is 77.3 Å². The molecule has 0 spiro atoms. The van der Waals surface area contributed by atoms with Gasteiger partial charge in [-0.1, -0.05) is 19.1 Å². The van der Waals surface area contributed by atoms with E-state index < -0.39 is 4.92 Å². The standard InChI is InChI=1S/C15H17N3O3/c1-3-10-16-14-8-5-9-15(17-14)21-13-7-4-6-12(11(13)2)18(19)20/h4-9H,3,10H2,1-2H3,(H,16,17). The van der Waals surface area contributed by atoms with Gasteiger partial charge < -0.3 is 10.1 Å². The van der Waals surface area contributed by atoms with Crippen molar-refractivity contribution >= 4 is 11.5 Å². The number of nitrogens with one attached hydrogen (secondary N) is 1. The van der Waals surface area contributed by atoms with Crippen LogP contribution in [0.5, 0.6) is 11.6 Å². The highest BCUT2D eigenvalue weighted by atomic mass is 16.6. The number of hydrogen-bond donors (Lipinski definition) is 1. The van der Waals surface area contributed by atoms with Gasteiger partial charge in [-0.2, -0.15) is 4.98 Å². The van der Waals surface area contributed by atoms with Crippen LogP contribution in [0.4, 0.5) is 11.5 Å². The van der Waals surface area contributed by atoms with Crippen LogP contribution < -0.4 is 10.1 Å². The Morgan fingerprint density at radius 1 is 1.29 bits per heavy atom. The quantitative estimate of drug-likeness (QED) is 0.643. The molecule has 1 aromatic heterocycles.